The number of aromatic nitrogens is 5. The molecule has 2 aromatic heterocycles. The first kappa shape index (κ1) is 21.5. The molecule has 0 spiro atoms. The average molecular weight is 411 g/mol. The zero-order valence-corrected chi connectivity index (χ0v) is 18.1. The van der Waals surface area contributed by atoms with Crippen LogP contribution in [0.15, 0.2) is 36.9 Å². The summed E-state index contributed by atoms with van der Waals surface area (Å²) >= 11 is 0. The van der Waals surface area contributed by atoms with Crippen LogP contribution in [-0.4, -0.2) is 37.1 Å². The topological polar surface area (TPSA) is 86.9 Å². The second-order valence-corrected chi connectivity index (χ2v) is 7.81. The van der Waals surface area contributed by atoms with Crippen molar-refractivity contribution < 1.29 is 9.53 Å². The molecule has 0 bridgehead atoms. The molecule has 0 saturated carbocycles. The minimum atomic E-state index is -0.0230. The predicted molar refractivity (Wildman–Crippen MR) is 115 cm³/mol. The van der Waals surface area contributed by atoms with Crippen LogP contribution in [0.3, 0.4) is 0 Å². The first-order valence-corrected chi connectivity index (χ1v) is 10.3. The van der Waals surface area contributed by atoms with E-state index in [1.807, 2.05) is 35.9 Å². The summed E-state index contributed by atoms with van der Waals surface area (Å²) in [6.07, 6.45) is 4.23. The molecule has 0 aliphatic heterocycles. The minimum Gasteiger partial charge on any atom is -0.492 e. The number of benzene rings is 1. The summed E-state index contributed by atoms with van der Waals surface area (Å²) in [7, 11) is 0. The van der Waals surface area contributed by atoms with Crippen LogP contribution >= 0.6 is 0 Å². The van der Waals surface area contributed by atoms with Crippen LogP contribution in [0.4, 0.5) is 5.69 Å². The van der Waals surface area contributed by atoms with Gasteiger partial charge in [-0.05, 0) is 43.9 Å². The Hall–Kier alpha value is -3.16. The third-order valence-electron chi connectivity index (χ3n) is 4.84. The number of anilines is 1. The number of ether oxygens (including phenoxy) is 1. The number of rotatable bonds is 10. The summed E-state index contributed by atoms with van der Waals surface area (Å²) in [4.78, 5) is 16.4. The van der Waals surface area contributed by atoms with Gasteiger partial charge in [-0.1, -0.05) is 19.9 Å². The minimum absolute atomic E-state index is 0.0230. The third kappa shape index (κ3) is 5.92. The van der Waals surface area contributed by atoms with Gasteiger partial charge < -0.3 is 10.1 Å². The fourth-order valence-corrected chi connectivity index (χ4v) is 3.35. The Labute approximate surface area is 177 Å². The highest BCUT2D eigenvalue weighted by Crippen LogP contribution is 2.19. The number of hydrogen-bond acceptors (Lipinski definition) is 5. The fraction of sp³-hybridized carbons (Fsp3) is 0.455. The van der Waals surface area contributed by atoms with Gasteiger partial charge in [0.1, 0.15) is 25.0 Å². The molecule has 3 aromatic rings. The van der Waals surface area contributed by atoms with Crippen LogP contribution in [0.2, 0.25) is 0 Å². The van der Waals surface area contributed by atoms with E-state index in [0.29, 0.717) is 37.7 Å². The normalized spacial score (nSPS) is 11.1. The smallest absolute Gasteiger partial charge is 0.224 e. The summed E-state index contributed by atoms with van der Waals surface area (Å²) in [5, 5.41) is 11.6. The van der Waals surface area contributed by atoms with Crippen molar-refractivity contribution >= 4 is 11.6 Å². The molecule has 0 aliphatic carbocycles. The van der Waals surface area contributed by atoms with Gasteiger partial charge in [0.05, 0.1) is 12.2 Å². The molecular weight excluding hydrogens is 380 g/mol. The van der Waals surface area contributed by atoms with E-state index in [9.17, 15) is 4.79 Å². The Morgan fingerprint density at radius 2 is 2.10 bits per heavy atom. The number of nitrogens with one attached hydrogen (secondary N) is 1. The maximum Gasteiger partial charge on any atom is 0.224 e. The maximum absolute atomic E-state index is 12.5. The van der Waals surface area contributed by atoms with Gasteiger partial charge in [-0.2, -0.15) is 10.2 Å². The van der Waals surface area contributed by atoms with Crippen LogP contribution in [-0.2, 0) is 24.3 Å². The third-order valence-corrected chi connectivity index (χ3v) is 4.84. The van der Waals surface area contributed by atoms with Crippen LogP contribution in [0, 0.1) is 19.8 Å². The molecule has 8 nitrogen and oxygen atoms in total. The quantitative estimate of drug-likeness (QED) is 0.554. The van der Waals surface area contributed by atoms with Gasteiger partial charge in [0.2, 0.25) is 5.91 Å². The Morgan fingerprint density at radius 1 is 1.27 bits per heavy atom. The number of aryl methyl sites for hydroxylation is 1. The van der Waals surface area contributed by atoms with E-state index in [1.165, 1.54) is 6.33 Å². The van der Waals surface area contributed by atoms with Crippen molar-refractivity contribution in [2.75, 3.05) is 11.9 Å². The molecule has 0 atom stereocenters. The summed E-state index contributed by atoms with van der Waals surface area (Å²) in [5.41, 5.74) is 4.04. The van der Waals surface area contributed by atoms with Crippen LogP contribution < -0.4 is 10.1 Å². The molecule has 0 unspecified atom stereocenters. The molecule has 1 N–H and O–H groups in total. The van der Waals surface area contributed by atoms with Crippen molar-refractivity contribution in [3.8, 4) is 5.75 Å². The Balaban J connectivity index is 1.51. The lowest BCUT2D eigenvalue weighted by atomic mass is 10.1. The van der Waals surface area contributed by atoms with Gasteiger partial charge in [0, 0.05) is 30.4 Å². The Bertz CT molecular complexity index is 962. The number of nitrogens with zero attached hydrogens (tertiary/aromatic N) is 5. The number of carbonyl (C=O) groups excluding carboxylic acids is 1. The van der Waals surface area contributed by atoms with E-state index >= 15 is 0 Å². The summed E-state index contributed by atoms with van der Waals surface area (Å²) < 4.78 is 9.50. The SMILES string of the molecule is Cc1nn(CC(C)C)c(C)c1CCC(=O)Nc1cccc(OCCn2cncn2)c1. The maximum atomic E-state index is 12.5. The number of hydrogen-bond donors (Lipinski definition) is 1. The highest BCUT2D eigenvalue weighted by Gasteiger charge is 2.14. The Morgan fingerprint density at radius 3 is 2.83 bits per heavy atom. The lowest BCUT2D eigenvalue weighted by Crippen LogP contribution is -2.13. The molecule has 2 heterocycles. The number of amides is 1. The van der Waals surface area contributed by atoms with Gasteiger partial charge in [-0.25, -0.2) is 9.67 Å². The van der Waals surface area contributed by atoms with E-state index in [-0.39, 0.29) is 5.91 Å². The van der Waals surface area contributed by atoms with Crippen molar-refractivity contribution in [2.24, 2.45) is 5.92 Å². The first-order valence-electron chi connectivity index (χ1n) is 10.3. The molecule has 0 fully saturated rings. The van der Waals surface area contributed by atoms with Gasteiger partial charge in [-0.3, -0.25) is 9.48 Å². The fourth-order valence-electron chi connectivity index (χ4n) is 3.35. The van der Waals surface area contributed by atoms with Crippen molar-refractivity contribution in [1.82, 2.24) is 24.5 Å². The van der Waals surface area contributed by atoms with E-state index in [4.69, 9.17) is 4.74 Å². The van der Waals surface area contributed by atoms with Crippen LogP contribution in [0.25, 0.3) is 0 Å². The Kier molecular flexibility index (Phi) is 7.21. The highest BCUT2D eigenvalue weighted by atomic mass is 16.5. The van der Waals surface area contributed by atoms with E-state index in [2.05, 4.69) is 41.3 Å². The van der Waals surface area contributed by atoms with Crippen LogP contribution in [0.1, 0.15) is 37.2 Å². The number of carbonyl (C=O) groups is 1. The second kappa shape index (κ2) is 10.0. The molecule has 3 rings (SSSR count). The first-order chi connectivity index (χ1) is 14.4. The van der Waals surface area contributed by atoms with Gasteiger partial charge >= 0.3 is 0 Å². The van der Waals surface area contributed by atoms with E-state index in [0.717, 1.165) is 29.2 Å². The lowest BCUT2D eigenvalue weighted by Gasteiger charge is -2.10. The monoisotopic (exact) mass is 410 g/mol. The van der Waals surface area contributed by atoms with Crippen molar-refractivity contribution in [3.63, 3.8) is 0 Å². The summed E-state index contributed by atoms with van der Waals surface area (Å²) in [6.45, 7) is 10.4. The van der Waals surface area contributed by atoms with E-state index in [1.54, 1.807) is 11.0 Å². The zero-order chi connectivity index (χ0) is 21.5. The van der Waals surface area contributed by atoms with Gasteiger partial charge in [0.15, 0.2) is 0 Å². The molecule has 0 radical (unpaired) electrons. The summed E-state index contributed by atoms with van der Waals surface area (Å²) in [5.74, 6) is 1.21. The van der Waals surface area contributed by atoms with Crippen molar-refractivity contribution in [3.05, 3.63) is 53.9 Å². The molecule has 1 amide bonds. The molecule has 0 aliphatic rings. The predicted octanol–water partition coefficient (Wildman–Crippen LogP) is 3.40. The molecule has 30 heavy (non-hydrogen) atoms. The molecule has 0 saturated heterocycles. The van der Waals surface area contributed by atoms with Gasteiger partial charge in [-0.15, -0.1) is 0 Å². The molecule has 160 valence electrons. The van der Waals surface area contributed by atoms with E-state index < -0.39 is 0 Å². The standard InChI is InChI=1S/C22H30N6O2/c1-16(2)13-28-18(4)21(17(3)26-28)8-9-22(29)25-19-6-5-7-20(12-19)30-11-10-27-15-23-14-24-27/h5-7,12,14-16H,8-11,13H2,1-4H3,(H,25,29). The van der Waals surface area contributed by atoms with Crippen LogP contribution in [0.5, 0.6) is 5.75 Å². The molecular formula is C22H30N6O2. The average Bonchev–Trinajstić information content (AvgIpc) is 3.29. The zero-order valence-electron chi connectivity index (χ0n) is 18.1. The van der Waals surface area contributed by atoms with Crippen molar-refractivity contribution in [2.45, 2.75) is 53.6 Å². The second-order valence-electron chi connectivity index (χ2n) is 7.81. The van der Waals surface area contributed by atoms with Gasteiger partial charge in [0.25, 0.3) is 0 Å². The molecule has 1 aromatic carbocycles. The molecule has 8 heteroatoms. The largest absolute Gasteiger partial charge is 0.492 e. The summed E-state index contributed by atoms with van der Waals surface area (Å²) in [6, 6.07) is 7.42. The highest BCUT2D eigenvalue weighted by molar-refractivity contribution is 5.91. The lowest BCUT2D eigenvalue weighted by molar-refractivity contribution is -0.116. The van der Waals surface area contributed by atoms with Crippen molar-refractivity contribution in [1.29, 1.82) is 0 Å².